The number of benzene rings is 5. The SMILES string of the molecule is O=C1N(Cc2ccc(-c3ccccc3-c3nnnn3C(c3ccccc3)(c3ccccc3)c3ccccc3)cc2)C(c2cccs2)=NC12CCCC2. The zero-order valence-corrected chi connectivity index (χ0v) is 29.4. The third kappa shape index (κ3) is 5.29. The van der Waals surface area contributed by atoms with Gasteiger partial charge in [0.25, 0.3) is 5.91 Å². The standard InChI is InChI=1S/C44H36N6OS/c51-42-43(28-12-13-29-43)45-41(39-23-14-30-52-39)49(42)31-32-24-26-33(27-25-32)37-21-10-11-22-38(37)40-46-47-48-50(40)44(34-15-4-1-5-16-34,35-17-6-2-7-18-35)36-19-8-3-9-20-36/h1-11,14-27,30H,12-13,28-29,31H2. The van der Waals surface area contributed by atoms with E-state index in [1.54, 1.807) is 11.3 Å². The lowest BCUT2D eigenvalue weighted by Crippen LogP contribution is -2.40. The van der Waals surface area contributed by atoms with Gasteiger partial charge in [-0.05, 0) is 68.1 Å². The van der Waals surface area contributed by atoms with Gasteiger partial charge in [0.05, 0.1) is 11.4 Å². The number of rotatable bonds is 9. The molecule has 1 aliphatic heterocycles. The minimum Gasteiger partial charge on any atom is -0.289 e. The molecule has 7 aromatic rings. The lowest BCUT2D eigenvalue weighted by molar-refractivity contribution is -0.131. The van der Waals surface area contributed by atoms with Crippen LogP contribution >= 0.6 is 11.3 Å². The van der Waals surface area contributed by atoms with Crippen molar-refractivity contribution in [1.82, 2.24) is 25.1 Å². The predicted molar refractivity (Wildman–Crippen MR) is 206 cm³/mol. The van der Waals surface area contributed by atoms with Crippen LogP contribution in [0.3, 0.4) is 0 Å². The van der Waals surface area contributed by atoms with E-state index in [2.05, 4.69) is 120 Å². The maximum absolute atomic E-state index is 13.9. The molecule has 9 rings (SSSR count). The second-order valence-corrected chi connectivity index (χ2v) is 14.5. The maximum atomic E-state index is 13.9. The van der Waals surface area contributed by atoms with Crippen LogP contribution in [-0.2, 0) is 16.9 Å². The molecule has 0 atom stereocenters. The van der Waals surface area contributed by atoms with E-state index in [0.717, 1.165) is 75.3 Å². The summed E-state index contributed by atoms with van der Waals surface area (Å²) in [6.45, 7) is 0.477. The number of nitrogens with zero attached hydrogens (tertiary/aromatic N) is 6. The Balaban J connectivity index is 1.12. The van der Waals surface area contributed by atoms with Crippen molar-refractivity contribution in [3.8, 4) is 22.5 Å². The normalized spacial score (nSPS) is 15.3. The minimum absolute atomic E-state index is 0.133. The first-order valence-corrected chi connectivity index (χ1v) is 18.7. The van der Waals surface area contributed by atoms with Crippen LogP contribution in [0, 0.1) is 0 Å². The molecule has 0 radical (unpaired) electrons. The highest BCUT2D eigenvalue weighted by Crippen LogP contribution is 2.44. The van der Waals surface area contributed by atoms with E-state index in [4.69, 9.17) is 15.3 Å². The molecule has 8 heteroatoms. The number of aliphatic imine (C=N–C) groups is 1. The lowest BCUT2D eigenvalue weighted by Gasteiger charge is -2.36. The molecule has 1 spiro atoms. The molecule has 254 valence electrons. The van der Waals surface area contributed by atoms with E-state index in [1.165, 1.54) is 0 Å². The van der Waals surface area contributed by atoms with Crippen molar-refractivity contribution in [2.75, 3.05) is 0 Å². The van der Waals surface area contributed by atoms with Gasteiger partial charge in [-0.2, -0.15) is 0 Å². The van der Waals surface area contributed by atoms with Crippen LogP contribution in [0.25, 0.3) is 22.5 Å². The van der Waals surface area contributed by atoms with Crippen LogP contribution in [0.1, 0.15) is 52.8 Å². The number of tetrazole rings is 1. The molecule has 0 N–H and O–H groups in total. The number of carbonyl (C=O) groups is 1. The van der Waals surface area contributed by atoms with Crippen LogP contribution in [0.5, 0.6) is 0 Å². The number of thiophene rings is 1. The van der Waals surface area contributed by atoms with Crippen LogP contribution in [0.2, 0.25) is 0 Å². The highest BCUT2D eigenvalue weighted by atomic mass is 32.1. The molecule has 5 aromatic carbocycles. The van der Waals surface area contributed by atoms with Gasteiger partial charge < -0.3 is 0 Å². The molecule has 1 aliphatic carbocycles. The Hall–Kier alpha value is -5.99. The third-order valence-electron chi connectivity index (χ3n) is 10.5. The van der Waals surface area contributed by atoms with Gasteiger partial charge in [0.1, 0.15) is 16.9 Å². The second kappa shape index (κ2) is 13.3. The Morgan fingerprint density at radius 3 is 1.81 bits per heavy atom. The number of hydrogen-bond donors (Lipinski definition) is 0. The number of hydrogen-bond acceptors (Lipinski definition) is 6. The highest BCUT2D eigenvalue weighted by Gasteiger charge is 2.50. The molecule has 0 bridgehead atoms. The molecule has 2 aromatic heterocycles. The van der Waals surface area contributed by atoms with Crippen LogP contribution in [0.15, 0.2) is 162 Å². The van der Waals surface area contributed by atoms with Gasteiger partial charge in [0, 0.05) is 5.56 Å². The molecular formula is C44H36N6OS. The van der Waals surface area contributed by atoms with Crippen molar-refractivity contribution in [3.63, 3.8) is 0 Å². The smallest absolute Gasteiger partial charge is 0.256 e. The Labute approximate surface area is 306 Å². The zero-order valence-electron chi connectivity index (χ0n) is 28.5. The van der Waals surface area contributed by atoms with Gasteiger partial charge in [0.15, 0.2) is 5.82 Å². The van der Waals surface area contributed by atoms with Crippen molar-refractivity contribution in [2.45, 2.75) is 43.3 Å². The first-order valence-electron chi connectivity index (χ1n) is 17.8. The Bertz CT molecular complexity index is 2250. The van der Waals surface area contributed by atoms with Gasteiger partial charge in [-0.25, -0.2) is 4.68 Å². The van der Waals surface area contributed by atoms with Crippen LogP contribution < -0.4 is 0 Å². The molecule has 2 aliphatic rings. The summed E-state index contributed by atoms with van der Waals surface area (Å²) in [6, 6.07) is 52.2. The maximum Gasteiger partial charge on any atom is 0.256 e. The number of amidine groups is 1. The molecule has 3 heterocycles. The molecule has 7 nitrogen and oxygen atoms in total. The summed E-state index contributed by atoms with van der Waals surface area (Å²) in [7, 11) is 0. The van der Waals surface area contributed by atoms with Gasteiger partial charge in [-0.15, -0.1) is 16.4 Å². The van der Waals surface area contributed by atoms with Crippen LogP contribution in [0.4, 0.5) is 0 Å². The summed E-state index contributed by atoms with van der Waals surface area (Å²) < 4.78 is 1.98. The molecule has 0 unspecified atom stereocenters. The molecule has 1 amide bonds. The second-order valence-electron chi connectivity index (χ2n) is 13.5. The summed E-state index contributed by atoms with van der Waals surface area (Å²) in [6.07, 6.45) is 3.74. The average Bonchev–Trinajstić information content (AvgIpc) is 4.05. The first kappa shape index (κ1) is 32.0. The van der Waals surface area contributed by atoms with Crippen molar-refractivity contribution in [3.05, 3.63) is 184 Å². The quantitative estimate of drug-likeness (QED) is 0.141. The molecule has 52 heavy (non-hydrogen) atoms. The third-order valence-corrected chi connectivity index (χ3v) is 11.4. The Kier molecular flexibility index (Phi) is 8.16. The van der Waals surface area contributed by atoms with E-state index in [1.807, 2.05) is 51.4 Å². The first-order chi connectivity index (χ1) is 25.7. The molecule has 1 fully saturated rings. The van der Waals surface area contributed by atoms with Crippen LogP contribution in [-0.4, -0.2) is 42.4 Å². The van der Waals surface area contributed by atoms with E-state index in [-0.39, 0.29) is 5.91 Å². The zero-order chi connectivity index (χ0) is 35.0. The van der Waals surface area contributed by atoms with Gasteiger partial charge in [-0.1, -0.05) is 158 Å². The van der Waals surface area contributed by atoms with Crippen molar-refractivity contribution in [2.24, 2.45) is 4.99 Å². The molecule has 0 saturated heterocycles. The fraction of sp³-hybridized carbons (Fsp3) is 0.159. The van der Waals surface area contributed by atoms with Gasteiger partial charge in [-0.3, -0.25) is 14.7 Å². The minimum atomic E-state index is -0.861. The predicted octanol–water partition coefficient (Wildman–Crippen LogP) is 9.01. The van der Waals surface area contributed by atoms with Gasteiger partial charge >= 0.3 is 0 Å². The average molecular weight is 697 g/mol. The molecule has 1 saturated carbocycles. The largest absolute Gasteiger partial charge is 0.289 e. The summed E-state index contributed by atoms with van der Waals surface area (Å²) in [4.78, 5) is 22.0. The summed E-state index contributed by atoms with van der Waals surface area (Å²) in [5.41, 5.74) is 5.68. The summed E-state index contributed by atoms with van der Waals surface area (Å²) >= 11 is 1.63. The van der Waals surface area contributed by atoms with E-state index in [0.29, 0.717) is 12.4 Å². The molecular weight excluding hydrogens is 661 g/mol. The highest BCUT2D eigenvalue weighted by molar-refractivity contribution is 7.12. The van der Waals surface area contributed by atoms with Crippen molar-refractivity contribution >= 4 is 23.1 Å². The fourth-order valence-electron chi connectivity index (χ4n) is 8.07. The van der Waals surface area contributed by atoms with Crippen molar-refractivity contribution in [1.29, 1.82) is 0 Å². The summed E-state index contributed by atoms with van der Waals surface area (Å²) in [5, 5.41) is 15.9. The number of amides is 1. The van der Waals surface area contributed by atoms with E-state index >= 15 is 0 Å². The van der Waals surface area contributed by atoms with E-state index in [9.17, 15) is 4.79 Å². The number of aromatic nitrogens is 4. The lowest BCUT2D eigenvalue weighted by atomic mass is 9.77. The van der Waals surface area contributed by atoms with Gasteiger partial charge in [0.2, 0.25) is 0 Å². The topological polar surface area (TPSA) is 76.3 Å². The summed E-state index contributed by atoms with van der Waals surface area (Å²) in [5.74, 6) is 1.59. The van der Waals surface area contributed by atoms with E-state index < -0.39 is 11.1 Å². The Morgan fingerprint density at radius 2 is 1.23 bits per heavy atom. The Morgan fingerprint density at radius 1 is 0.654 bits per heavy atom. The fourth-order valence-corrected chi connectivity index (χ4v) is 8.79. The monoisotopic (exact) mass is 696 g/mol. The number of carbonyl (C=O) groups excluding carboxylic acids is 1. The van der Waals surface area contributed by atoms with Crippen molar-refractivity contribution < 1.29 is 4.79 Å².